The van der Waals surface area contributed by atoms with Crippen molar-refractivity contribution in [3.63, 3.8) is 0 Å². The van der Waals surface area contributed by atoms with E-state index in [1.54, 1.807) is 0 Å². The van der Waals surface area contributed by atoms with Gasteiger partial charge in [0.1, 0.15) is 0 Å². The summed E-state index contributed by atoms with van der Waals surface area (Å²) in [5, 5.41) is 9.64. The van der Waals surface area contributed by atoms with Crippen molar-refractivity contribution in [3.8, 4) is 0 Å². The Morgan fingerprint density at radius 3 is 2.46 bits per heavy atom. The van der Waals surface area contributed by atoms with Gasteiger partial charge in [-0.15, -0.1) is 11.3 Å². The number of para-hydroxylation sites is 1. The van der Waals surface area contributed by atoms with E-state index in [4.69, 9.17) is 12.2 Å². The van der Waals surface area contributed by atoms with E-state index in [-0.39, 0.29) is 6.04 Å². The van der Waals surface area contributed by atoms with Crippen molar-refractivity contribution in [1.29, 1.82) is 0 Å². The Hall–Kier alpha value is -1.47. The maximum atomic E-state index is 5.55. The molecule has 0 saturated carbocycles. The van der Waals surface area contributed by atoms with Crippen molar-refractivity contribution in [2.45, 2.75) is 25.9 Å². The Balaban J connectivity index is 1.65. The van der Waals surface area contributed by atoms with Gasteiger partial charge in [0.05, 0.1) is 6.04 Å². The summed E-state index contributed by atoms with van der Waals surface area (Å²) in [5.74, 6) is 0. The van der Waals surface area contributed by atoms with E-state index in [0.29, 0.717) is 11.2 Å². The molecule has 0 amide bonds. The van der Waals surface area contributed by atoms with E-state index < -0.39 is 0 Å². The number of nitrogens with one attached hydrogen (secondary N) is 2. The summed E-state index contributed by atoms with van der Waals surface area (Å²) in [6.45, 7) is 10.1. The first-order valence-electron chi connectivity index (χ1n) is 9.29. The first kappa shape index (κ1) is 19.3. The zero-order valence-corrected chi connectivity index (χ0v) is 17.2. The van der Waals surface area contributed by atoms with Gasteiger partial charge in [0, 0.05) is 42.8 Å². The molecule has 1 aromatic heterocycles. The molecule has 1 saturated heterocycles. The van der Waals surface area contributed by atoms with Crippen molar-refractivity contribution >= 4 is 34.4 Å². The largest absolute Gasteiger partial charge is 0.358 e. The van der Waals surface area contributed by atoms with Crippen molar-refractivity contribution < 1.29 is 0 Å². The molecule has 0 unspecified atom stereocenters. The fourth-order valence-corrected chi connectivity index (χ4v) is 4.80. The topological polar surface area (TPSA) is 30.5 Å². The Kier molecular flexibility index (Phi) is 7.02. The zero-order valence-electron chi connectivity index (χ0n) is 15.5. The molecular weight excluding hydrogens is 360 g/mol. The molecule has 1 aromatic carbocycles. The third-order valence-corrected chi connectivity index (χ3v) is 6.11. The van der Waals surface area contributed by atoms with Crippen molar-refractivity contribution in [3.05, 3.63) is 52.7 Å². The Morgan fingerprint density at radius 2 is 1.85 bits per heavy atom. The summed E-state index contributed by atoms with van der Waals surface area (Å²) in [6, 6.07) is 15.0. The fraction of sp³-hybridized carbons (Fsp3) is 0.450. The molecule has 4 nitrogen and oxygen atoms in total. The lowest BCUT2D eigenvalue weighted by molar-refractivity contribution is 0.0883. The van der Waals surface area contributed by atoms with Crippen LogP contribution in [0.4, 0.5) is 5.69 Å². The molecule has 2 aromatic rings. The summed E-state index contributed by atoms with van der Waals surface area (Å²) in [6.07, 6.45) is 0. The molecule has 26 heavy (non-hydrogen) atoms. The van der Waals surface area contributed by atoms with Crippen LogP contribution in [0.3, 0.4) is 0 Å². The van der Waals surface area contributed by atoms with E-state index >= 15 is 0 Å². The number of hydrogen-bond acceptors (Lipinski definition) is 4. The lowest BCUT2D eigenvalue weighted by Gasteiger charge is -2.41. The number of likely N-dealkylation sites (N-methyl/N-ethyl adjacent to an activating group) is 1. The number of thiocarbonyl (C=S) groups is 1. The van der Waals surface area contributed by atoms with Gasteiger partial charge in [-0.05, 0) is 49.3 Å². The van der Waals surface area contributed by atoms with E-state index in [2.05, 4.69) is 51.8 Å². The molecule has 2 atom stereocenters. The van der Waals surface area contributed by atoms with Gasteiger partial charge in [-0.3, -0.25) is 4.90 Å². The number of rotatable bonds is 6. The maximum absolute atomic E-state index is 5.55. The Morgan fingerprint density at radius 1 is 1.12 bits per heavy atom. The normalized spacial score (nSPS) is 18.2. The molecule has 2 N–H and O–H groups in total. The van der Waals surface area contributed by atoms with Crippen LogP contribution in [0.15, 0.2) is 47.8 Å². The van der Waals surface area contributed by atoms with Crippen LogP contribution in [0.2, 0.25) is 0 Å². The maximum Gasteiger partial charge on any atom is 0.171 e. The monoisotopic (exact) mass is 388 g/mol. The second-order valence-electron chi connectivity index (χ2n) is 6.68. The standard InChI is InChI=1S/C20H28N4S2/c1-3-23-11-13-24(14-12-23)19(18-10-7-15-26-18)16(2)21-20(25)22-17-8-5-4-6-9-17/h4-10,15-16,19H,3,11-14H2,1-2H3,(H2,21,22,25)/t16-,19+/m1/s1. The van der Waals surface area contributed by atoms with Crippen LogP contribution >= 0.6 is 23.6 Å². The third kappa shape index (κ3) is 5.04. The second-order valence-corrected chi connectivity index (χ2v) is 8.07. The first-order chi connectivity index (χ1) is 12.7. The summed E-state index contributed by atoms with van der Waals surface area (Å²) in [5.41, 5.74) is 1.02. The van der Waals surface area contributed by atoms with Gasteiger partial charge in [-0.2, -0.15) is 0 Å². The average molecular weight is 389 g/mol. The lowest BCUT2D eigenvalue weighted by atomic mass is 10.1. The van der Waals surface area contributed by atoms with Crippen molar-refractivity contribution in [2.24, 2.45) is 0 Å². The first-order valence-corrected chi connectivity index (χ1v) is 10.6. The number of benzene rings is 1. The summed E-state index contributed by atoms with van der Waals surface area (Å²) >= 11 is 7.39. The van der Waals surface area contributed by atoms with Crippen LogP contribution in [0, 0.1) is 0 Å². The highest BCUT2D eigenvalue weighted by atomic mass is 32.1. The van der Waals surface area contributed by atoms with Crippen LogP contribution in [-0.2, 0) is 0 Å². The van der Waals surface area contributed by atoms with Crippen LogP contribution in [0.25, 0.3) is 0 Å². The SMILES string of the molecule is CCN1CCN([C@H](c2cccs2)[C@@H](C)NC(=S)Nc2ccccc2)CC1. The van der Waals surface area contributed by atoms with Crippen LogP contribution < -0.4 is 10.6 Å². The van der Waals surface area contributed by atoms with Crippen molar-refractivity contribution in [1.82, 2.24) is 15.1 Å². The molecule has 1 aliphatic heterocycles. The Labute approximate surface area is 166 Å². The number of hydrogen-bond donors (Lipinski definition) is 2. The van der Waals surface area contributed by atoms with Gasteiger partial charge < -0.3 is 15.5 Å². The van der Waals surface area contributed by atoms with E-state index in [9.17, 15) is 0 Å². The smallest absolute Gasteiger partial charge is 0.171 e. The lowest BCUT2D eigenvalue weighted by Crippen LogP contribution is -2.52. The van der Waals surface area contributed by atoms with E-state index in [1.807, 2.05) is 41.7 Å². The number of anilines is 1. The van der Waals surface area contributed by atoms with Crippen molar-refractivity contribution in [2.75, 3.05) is 38.0 Å². The number of nitrogens with zero attached hydrogens (tertiary/aromatic N) is 2. The summed E-state index contributed by atoms with van der Waals surface area (Å²) in [7, 11) is 0. The minimum Gasteiger partial charge on any atom is -0.358 e. The number of thiophene rings is 1. The highest BCUT2D eigenvalue weighted by Crippen LogP contribution is 2.29. The Bertz CT molecular complexity index is 666. The van der Waals surface area contributed by atoms with Gasteiger partial charge in [0.25, 0.3) is 0 Å². The molecule has 1 fully saturated rings. The molecule has 0 spiro atoms. The van der Waals surface area contributed by atoms with Gasteiger partial charge in [-0.25, -0.2) is 0 Å². The van der Waals surface area contributed by atoms with Gasteiger partial charge in [0.2, 0.25) is 0 Å². The molecule has 2 heterocycles. The predicted molar refractivity (Wildman–Crippen MR) is 116 cm³/mol. The number of piperazine rings is 1. The third-order valence-electron chi connectivity index (χ3n) is 4.95. The highest BCUT2D eigenvalue weighted by molar-refractivity contribution is 7.80. The molecule has 0 radical (unpaired) electrons. The fourth-order valence-electron chi connectivity index (χ4n) is 3.53. The molecule has 140 valence electrons. The minimum atomic E-state index is 0.227. The van der Waals surface area contributed by atoms with Gasteiger partial charge in [-0.1, -0.05) is 31.2 Å². The van der Waals surface area contributed by atoms with E-state index in [1.165, 1.54) is 4.88 Å². The van der Waals surface area contributed by atoms with Crippen LogP contribution in [-0.4, -0.2) is 53.7 Å². The summed E-state index contributed by atoms with van der Waals surface area (Å²) < 4.78 is 0. The summed E-state index contributed by atoms with van der Waals surface area (Å²) in [4.78, 5) is 6.51. The van der Waals surface area contributed by atoms with Gasteiger partial charge >= 0.3 is 0 Å². The molecule has 3 rings (SSSR count). The van der Waals surface area contributed by atoms with Crippen LogP contribution in [0.1, 0.15) is 24.8 Å². The minimum absolute atomic E-state index is 0.227. The second kappa shape index (κ2) is 9.46. The molecule has 0 bridgehead atoms. The van der Waals surface area contributed by atoms with E-state index in [0.717, 1.165) is 38.4 Å². The van der Waals surface area contributed by atoms with Gasteiger partial charge in [0.15, 0.2) is 5.11 Å². The zero-order chi connectivity index (χ0) is 18.4. The molecule has 6 heteroatoms. The predicted octanol–water partition coefficient (Wildman–Crippen LogP) is 3.80. The molecular formula is C20H28N4S2. The molecule has 1 aliphatic rings. The molecule has 0 aliphatic carbocycles. The average Bonchev–Trinajstić information content (AvgIpc) is 3.17. The quantitative estimate of drug-likeness (QED) is 0.735. The highest BCUT2D eigenvalue weighted by Gasteiger charge is 2.30. The van der Waals surface area contributed by atoms with Crippen LogP contribution in [0.5, 0.6) is 0 Å².